The van der Waals surface area contributed by atoms with Gasteiger partial charge in [0.2, 0.25) is 0 Å². The second kappa shape index (κ2) is 7.72. The van der Waals surface area contributed by atoms with E-state index in [1.807, 2.05) is 28.5 Å². The van der Waals surface area contributed by atoms with E-state index in [9.17, 15) is 4.79 Å². The lowest BCUT2D eigenvalue weighted by Gasteiger charge is -2.37. The number of nitrogens with zero attached hydrogens (tertiary/aromatic N) is 2. The van der Waals surface area contributed by atoms with Gasteiger partial charge in [-0.1, -0.05) is 6.08 Å². The first-order valence-corrected chi connectivity index (χ1v) is 10.3. The maximum Gasteiger partial charge on any atom is 0.277 e. The molecule has 0 saturated carbocycles. The largest absolute Gasteiger partial charge is 0.497 e. The van der Waals surface area contributed by atoms with Crippen molar-refractivity contribution in [1.82, 2.24) is 9.88 Å². The zero-order valence-corrected chi connectivity index (χ0v) is 16.6. The Morgan fingerprint density at radius 1 is 1.22 bits per heavy atom. The molecule has 6 heteroatoms. The minimum absolute atomic E-state index is 0.0113. The van der Waals surface area contributed by atoms with E-state index in [1.165, 1.54) is 36.3 Å². The number of methoxy groups -OCH3 is 2. The molecular weight excluding hydrogens is 360 g/mol. The summed E-state index contributed by atoms with van der Waals surface area (Å²) in [5.41, 5.74) is 2.56. The van der Waals surface area contributed by atoms with Crippen LogP contribution in [0.1, 0.15) is 42.6 Å². The van der Waals surface area contributed by atoms with Crippen molar-refractivity contribution in [1.29, 1.82) is 0 Å². The maximum atomic E-state index is 13.2. The molecule has 0 radical (unpaired) electrons. The van der Waals surface area contributed by atoms with Crippen molar-refractivity contribution in [2.45, 2.75) is 32.1 Å². The van der Waals surface area contributed by atoms with E-state index in [2.05, 4.69) is 11.1 Å². The highest BCUT2D eigenvalue weighted by Gasteiger charge is 2.31. The van der Waals surface area contributed by atoms with Crippen LogP contribution in [0, 0.1) is 5.92 Å². The Kier molecular flexibility index (Phi) is 5.16. The number of allylic oxidation sites excluding steroid dienone is 2. The fourth-order valence-electron chi connectivity index (χ4n) is 4.01. The number of benzene rings is 1. The fourth-order valence-corrected chi connectivity index (χ4v) is 4.82. The van der Waals surface area contributed by atoms with Crippen LogP contribution in [0.2, 0.25) is 0 Å². The van der Waals surface area contributed by atoms with Crippen molar-refractivity contribution in [3.8, 4) is 22.1 Å². The van der Waals surface area contributed by atoms with Gasteiger partial charge in [-0.05, 0) is 56.2 Å². The summed E-state index contributed by atoms with van der Waals surface area (Å²) in [5.74, 6) is 2.00. The topological polar surface area (TPSA) is 51.7 Å². The first-order valence-electron chi connectivity index (χ1n) is 9.41. The van der Waals surface area contributed by atoms with Gasteiger partial charge < -0.3 is 14.4 Å². The number of rotatable bonds is 4. The summed E-state index contributed by atoms with van der Waals surface area (Å²) in [5, 5.41) is 2.61. The van der Waals surface area contributed by atoms with Crippen LogP contribution >= 0.6 is 11.3 Å². The van der Waals surface area contributed by atoms with Gasteiger partial charge in [-0.15, -0.1) is 11.3 Å². The molecule has 1 amide bonds. The van der Waals surface area contributed by atoms with Crippen molar-refractivity contribution in [3.63, 3.8) is 0 Å². The number of piperidine rings is 1. The zero-order valence-electron chi connectivity index (χ0n) is 15.7. The predicted molar refractivity (Wildman–Crippen MR) is 106 cm³/mol. The molecule has 1 fully saturated rings. The van der Waals surface area contributed by atoms with Crippen LogP contribution in [0.4, 0.5) is 0 Å². The van der Waals surface area contributed by atoms with Crippen molar-refractivity contribution in [2.75, 3.05) is 20.8 Å². The number of aromatic nitrogens is 1. The Morgan fingerprint density at radius 3 is 2.89 bits per heavy atom. The van der Waals surface area contributed by atoms with Crippen LogP contribution in [0.3, 0.4) is 0 Å². The van der Waals surface area contributed by atoms with Gasteiger partial charge in [0.05, 0.1) is 19.8 Å². The molecule has 1 aromatic carbocycles. The van der Waals surface area contributed by atoms with Gasteiger partial charge in [0.1, 0.15) is 22.2 Å². The highest BCUT2D eigenvalue weighted by molar-refractivity contribution is 7.13. The Bertz CT molecular complexity index is 874. The van der Waals surface area contributed by atoms with Crippen LogP contribution in [0.15, 0.2) is 35.4 Å². The van der Waals surface area contributed by atoms with Crippen LogP contribution in [0.5, 0.6) is 11.5 Å². The van der Waals surface area contributed by atoms with Gasteiger partial charge >= 0.3 is 0 Å². The summed E-state index contributed by atoms with van der Waals surface area (Å²) >= 11 is 1.46. The van der Waals surface area contributed by atoms with Crippen molar-refractivity contribution < 1.29 is 14.3 Å². The van der Waals surface area contributed by atoms with Gasteiger partial charge in [0.25, 0.3) is 5.91 Å². The molecule has 1 unspecified atom stereocenters. The molecule has 1 atom stereocenters. The zero-order chi connectivity index (χ0) is 18.8. The minimum Gasteiger partial charge on any atom is -0.497 e. The lowest BCUT2D eigenvalue weighted by molar-refractivity contribution is 0.0744. The van der Waals surface area contributed by atoms with E-state index in [4.69, 9.17) is 9.47 Å². The molecule has 142 valence electrons. The number of amides is 1. The molecular formula is C21H24N2O3S. The summed E-state index contributed by atoms with van der Waals surface area (Å²) in [4.78, 5) is 19.7. The first kappa shape index (κ1) is 18.0. The highest BCUT2D eigenvalue weighted by atomic mass is 32.1. The van der Waals surface area contributed by atoms with Crippen LogP contribution in [0.25, 0.3) is 10.6 Å². The van der Waals surface area contributed by atoms with E-state index in [0.717, 1.165) is 41.5 Å². The second-order valence-electron chi connectivity index (χ2n) is 6.96. The molecule has 1 aliphatic heterocycles. The fraction of sp³-hybridized carbons (Fsp3) is 0.429. The molecule has 1 saturated heterocycles. The minimum atomic E-state index is 0.0113. The molecule has 2 heterocycles. The van der Waals surface area contributed by atoms with Crippen molar-refractivity contribution in [2.24, 2.45) is 5.92 Å². The molecule has 1 aliphatic carbocycles. The van der Waals surface area contributed by atoms with E-state index in [1.54, 1.807) is 14.2 Å². The number of hydrogen-bond donors (Lipinski definition) is 0. The van der Waals surface area contributed by atoms with Gasteiger partial charge in [-0.2, -0.15) is 0 Å². The van der Waals surface area contributed by atoms with Gasteiger partial charge in [-0.25, -0.2) is 4.98 Å². The molecule has 5 nitrogen and oxygen atoms in total. The number of likely N-dealkylation sites (tertiary alicyclic amines) is 1. The number of carbonyl (C=O) groups is 1. The lowest BCUT2D eigenvalue weighted by Crippen LogP contribution is -2.39. The number of hydrogen-bond acceptors (Lipinski definition) is 5. The van der Waals surface area contributed by atoms with Gasteiger partial charge in [-0.3, -0.25) is 4.79 Å². The quantitative estimate of drug-likeness (QED) is 0.763. The number of thiazole rings is 1. The van der Waals surface area contributed by atoms with Crippen LogP contribution in [-0.2, 0) is 0 Å². The van der Waals surface area contributed by atoms with Crippen molar-refractivity contribution >= 4 is 17.2 Å². The third-order valence-corrected chi connectivity index (χ3v) is 6.26. The van der Waals surface area contributed by atoms with E-state index >= 15 is 0 Å². The Labute approximate surface area is 163 Å². The van der Waals surface area contributed by atoms with Gasteiger partial charge in [0.15, 0.2) is 0 Å². The number of fused-ring (bicyclic) bond motifs is 1. The molecule has 0 N–H and O–H groups in total. The number of carbonyl (C=O) groups excluding carboxylic acids is 1. The normalized spacial score (nSPS) is 19.3. The van der Waals surface area contributed by atoms with Crippen LogP contribution < -0.4 is 9.47 Å². The third-order valence-electron chi connectivity index (χ3n) is 5.38. The van der Waals surface area contributed by atoms with E-state index in [0.29, 0.717) is 11.6 Å². The van der Waals surface area contributed by atoms with E-state index in [-0.39, 0.29) is 5.91 Å². The average molecular weight is 385 g/mol. The average Bonchev–Trinajstić information content (AvgIpc) is 3.22. The van der Waals surface area contributed by atoms with Crippen molar-refractivity contribution in [3.05, 3.63) is 41.0 Å². The van der Waals surface area contributed by atoms with E-state index < -0.39 is 0 Å². The SMILES string of the molecule is COc1ccc(OC)c(-c2nc(C(=O)N3CCCC4CCCC=C43)cs2)c1. The predicted octanol–water partition coefficient (Wildman–Crippen LogP) is 4.75. The summed E-state index contributed by atoms with van der Waals surface area (Å²) in [6, 6.07) is 5.61. The Morgan fingerprint density at radius 2 is 2.07 bits per heavy atom. The third kappa shape index (κ3) is 3.46. The summed E-state index contributed by atoms with van der Waals surface area (Å²) in [7, 11) is 3.27. The standard InChI is InChI=1S/C21H24N2O3S/c1-25-15-9-10-19(26-2)16(12-15)20-22-17(13-27-20)21(24)23-11-5-7-14-6-3-4-8-18(14)23/h8-10,12-14H,3-7,11H2,1-2H3. The molecule has 2 aliphatic rings. The molecule has 27 heavy (non-hydrogen) atoms. The number of ether oxygens (including phenoxy) is 2. The summed E-state index contributed by atoms with van der Waals surface area (Å²) in [6.07, 6.45) is 8.00. The molecule has 0 spiro atoms. The molecule has 1 aromatic heterocycles. The summed E-state index contributed by atoms with van der Waals surface area (Å²) in [6.45, 7) is 0.788. The molecule has 4 rings (SSSR count). The Hall–Kier alpha value is -2.34. The lowest BCUT2D eigenvalue weighted by atomic mass is 9.85. The molecule has 2 aromatic rings. The summed E-state index contributed by atoms with van der Waals surface area (Å²) < 4.78 is 10.8. The second-order valence-corrected chi connectivity index (χ2v) is 7.82. The highest BCUT2D eigenvalue weighted by Crippen LogP contribution is 2.38. The Balaban J connectivity index is 1.63. The first-order chi connectivity index (χ1) is 13.2. The van der Waals surface area contributed by atoms with Crippen LogP contribution in [-0.4, -0.2) is 36.6 Å². The van der Waals surface area contributed by atoms with Gasteiger partial charge in [0, 0.05) is 17.6 Å². The maximum absolute atomic E-state index is 13.2. The molecule has 0 bridgehead atoms. The smallest absolute Gasteiger partial charge is 0.277 e. The monoisotopic (exact) mass is 384 g/mol.